The van der Waals surface area contributed by atoms with E-state index in [0.29, 0.717) is 6.61 Å². The van der Waals surface area contributed by atoms with Gasteiger partial charge >= 0.3 is 5.97 Å². The maximum atomic E-state index is 11.7. The summed E-state index contributed by atoms with van der Waals surface area (Å²) in [6.07, 6.45) is 0.948. The standard InChI is InChI=1S/C14H20O2/c1-4-13(11(3)14(15)16-5-2)12-9-7-6-8-10-12/h6-11,13H,4-5H2,1-3H3/t11-,13-/m1/s1. The summed E-state index contributed by atoms with van der Waals surface area (Å²) in [6.45, 7) is 6.34. The number of carbonyl (C=O) groups is 1. The number of esters is 1. The van der Waals surface area contributed by atoms with Crippen molar-refractivity contribution >= 4 is 5.97 Å². The lowest BCUT2D eigenvalue weighted by Gasteiger charge is -2.21. The average Bonchev–Trinajstić information content (AvgIpc) is 2.31. The van der Waals surface area contributed by atoms with E-state index in [4.69, 9.17) is 4.74 Å². The predicted molar refractivity (Wildman–Crippen MR) is 65.3 cm³/mol. The minimum absolute atomic E-state index is 0.0765. The number of benzene rings is 1. The second kappa shape index (κ2) is 6.31. The van der Waals surface area contributed by atoms with Crippen molar-refractivity contribution in [3.8, 4) is 0 Å². The van der Waals surface area contributed by atoms with Gasteiger partial charge in [-0.05, 0) is 24.8 Å². The Hall–Kier alpha value is -1.31. The van der Waals surface area contributed by atoms with E-state index in [9.17, 15) is 4.79 Å². The van der Waals surface area contributed by atoms with E-state index in [1.165, 1.54) is 5.56 Å². The summed E-state index contributed by atoms with van der Waals surface area (Å²) in [4.78, 5) is 11.7. The summed E-state index contributed by atoms with van der Waals surface area (Å²) >= 11 is 0. The highest BCUT2D eigenvalue weighted by atomic mass is 16.5. The largest absolute Gasteiger partial charge is 0.466 e. The first kappa shape index (κ1) is 12.8. The number of ether oxygens (including phenoxy) is 1. The minimum atomic E-state index is -0.0989. The van der Waals surface area contributed by atoms with Gasteiger partial charge in [-0.1, -0.05) is 44.2 Å². The van der Waals surface area contributed by atoms with Crippen LogP contribution in [0.4, 0.5) is 0 Å². The van der Waals surface area contributed by atoms with Crippen LogP contribution in [0.5, 0.6) is 0 Å². The SMILES string of the molecule is CCOC(=O)[C@H](C)[C@@H](CC)c1ccccc1. The van der Waals surface area contributed by atoms with E-state index < -0.39 is 0 Å². The van der Waals surface area contributed by atoms with Gasteiger partial charge in [0.1, 0.15) is 0 Å². The Kier molecular flexibility index (Phi) is 5.03. The van der Waals surface area contributed by atoms with Crippen molar-refractivity contribution < 1.29 is 9.53 Å². The summed E-state index contributed by atoms with van der Waals surface area (Å²) in [5.41, 5.74) is 1.21. The topological polar surface area (TPSA) is 26.3 Å². The fourth-order valence-corrected chi connectivity index (χ4v) is 2.02. The van der Waals surface area contributed by atoms with Gasteiger partial charge < -0.3 is 4.74 Å². The van der Waals surface area contributed by atoms with Crippen LogP contribution in [0.3, 0.4) is 0 Å². The van der Waals surface area contributed by atoms with Gasteiger partial charge in [0, 0.05) is 0 Å². The lowest BCUT2D eigenvalue weighted by atomic mass is 9.85. The summed E-state index contributed by atoms with van der Waals surface area (Å²) in [7, 11) is 0. The molecule has 0 unspecified atom stereocenters. The molecule has 1 aromatic carbocycles. The Balaban J connectivity index is 2.78. The smallest absolute Gasteiger partial charge is 0.309 e. The molecule has 0 saturated heterocycles. The van der Waals surface area contributed by atoms with Crippen LogP contribution in [-0.4, -0.2) is 12.6 Å². The first-order valence-corrected chi connectivity index (χ1v) is 5.92. The molecule has 0 spiro atoms. The van der Waals surface area contributed by atoms with Crippen molar-refractivity contribution in [2.45, 2.75) is 33.1 Å². The van der Waals surface area contributed by atoms with Crippen molar-refractivity contribution in [1.82, 2.24) is 0 Å². The van der Waals surface area contributed by atoms with Gasteiger partial charge in [-0.3, -0.25) is 4.79 Å². The molecule has 1 aromatic rings. The van der Waals surface area contributed by atoms with E-state index in [0.717, 1.165) is 6.42 Å². The van der Waals surface area contributed by atoms with Crippen LogP contribution in [0.25, 0.3) is 0 Å². The van der Waals surface area contributed by atoms with Crippen LogP contribution in [-0.2, 0) is 9.53 Å². The molecule has 0 aliphatic rings. The van der Waals surface area contributed by atoms with Gasteiger partial charge in [0.2, 0.25) is 0 Å². The fourth-order valence-electron chi connectivity index (χ4n) is 2.02. The Morgan fingerprint density at radius 2 is 1.88 bits per heavy atom. The molecular weight excluding hydrogens is 200 g/mol. The van der Waals surface area contributed by atoms with Crippen LogP contribution in [0.15, 0.2) is 30.3 Å². The van der Waals surface area contributed by atoms with E-state index >= 15 is 0 Å². The zero-order chi connectivity index (χ0) is 12.0. The molecule has 0 heterocycles. The molecule has 1 rings (SSSR count). The van der Waals surface area contributed by atoms with E-state index in [1.807, 2.05) is 32.0 Å². The Labute approximate surface area is 97.6 Å². The monoisotopic (exact) mass is 220 g/mol. The van der Waals surface area contributed by atoms with Crippen molar-refractivity contribution in [3.63, 3.8) is 0 Å². The van der Waals surface area contributed by atoms with Crippen LogP contribution in [0.1, 0.15) is 38.7 Å². The van der Waals surface area contributed by atoms with Gasteiger partial charge in [-0.25, -0.2) is 0 Å². The Morgan fingerprint density at radius 1 is 1.25 bits per heavy atom. The molecule has 0 N–H and O–H groups in total. The number of hydrogen-bond donors (Lipinski definition) is 0. The van der Waals surface area contributed by atoms with Crippen LogP contribution in [0.2, 0.25) is 0 Å². The second-order valence-corrected chi connectivity index (χ2v) is 3.97. The molecule has 0 aliphatic carbocycles. The van der Waals surface area contributed by atoms with Gasteiger partial charge in [-0.2, -0.15) is 0 Å². The molecule has 0 fully saturated rings. The molecule has 0 aliphatic heterocycles. The van der Waals surface area contributed by atoms with Crippen LogP contribution >= 0.6 is 0 Å². The third-order valence-corrected chi connectivity index (χ3v) is 2.93. The van der Waals surface area contributed by atoms with Crippen molar-refractivity contribution in [2.75, 3.05) is 6.61 Å². The predicted octanol–water partition coefficient (Wildman–Crippen LogP) is 3.38. The molecular formula is C14H20O2. The summed E-state index contributed by atoms with van der Waals surface area (Å²) < 4.78 is 5.07. The molecule has 2 nitrogen and oxygen atoms in total. The number of hydrogen-bond acceptors (Lipinski definition) is 2. The van der Waals surface area contributed by atoms with Gasteiger partial charge in [-0.15, -0.1) is 0 Å². The van der Waals surface area contributed by atoms with E-state index in [-0.39, 0.29) is 17.8 Å². The zero-order valence-corrected chi connectivity index (χ0v) is 10.3. The maximum absolute atomic E-state index is 11.7. The maximum Gasteiger partial charge on any atom is 0.309 e. The van der Waals surface area contributed by atoms with E-state index in [1.54, 1.807) is 0 Å². The molecule has 0 saturated carbocycles. The quantitative estimate of drug-likeness (QED) is 0.711. The first-order valence-electron chi connectivity index (χ1n) is 5.92. The summed E-state index contributed by atoms with van der Waals surface area (Å²) in [5, 5.41) is 0. The average molecular weight is 220 g/mol. The number of rotatable bonds is 5. The first-order chi connectivity index (χ1) is 7.70. The van der Waals surface area contributed by atoms with Crippen molar-refractivity contribution in [2.24, 2.45) is 5.92 Å². The molecule has 16 heavy (non-hydrogen) atoms. The zero-order valence-electron chi connectivity index (χ0n) is 10.3. The van der Waals surface area contributed by atoms with Crippen LogP contribution < -0.4 is 0 Å². The Morgan fingerprint density at radius 3 is 2.38 bits per heavy atom. The highest BCUT2D eigenvalue weighted by molar-refractivity contribution is 5.73. The van der Waals surface area contributed by atoms with Crippen LogP contribution in [0, 0.1) is 5.92 Å². The molecule has 0 radical (unpaired) electrons. The third kappa shape index (κ3) is 3.09. The van der Waals surface area contributed by atoms with Gasteiger partial charge in [0.05, 0.1) is 12.5 Å². The molecule has 0 aromatic heterocycles. The summed E-state index contributed by atoms with van der Waals surface area (Å²) in [5.74, 6) is 0.0748. The summed E-state index contributed by atoms with van der Waals surface area (Å²) in [6, 6.07) is 10.2. The minimum Gasteiger partial charge on any atom is -0.466 e. The Bertz CT molecular complexity index is 319. The molecule has 2 heteroatoms. The van der Waals surface area contributed by atoms with E-state index in [2.05, 4.69) is 19.1 Å². The lowest BCUT2D eigenvalue weighted by Crippen LogP contribution is -2.21. The van der Waals surface area contributed by atoms with Gasteiger partial charge in [0.25, 0.3) is 0 Å². The highest BCUT2D eigenvalue weighted by Crippen LogP contribution is 2.28. The molecule has 88 valence electrons. The third-order valence-electron chi connectivity index (χ3n) is 2.93. The molecule has 0 bridgehead atoms. The molecule has 0 amide bonds. The fraction of sp³-hybridized carbons (Fsp3) is 0.500. The van der Waals surface area contributed by atoms with Crippen molar-refractivity contribution in [3.05, 3.63) is 35.9 Å². The normalized spacial score (nSPS) is 14.2. The molecule has 2 atom stereocenters. The van der Waals surface area contributed by atoms with Gasteiger partial charge in [0.15, 0.2) is 0 Å². The highest BCUT2D eigenvalue weighted by Gasteiger charge is 2.24. The van der Waals surface area contributed by atoms with Crippen molar-refractivity contribution in [1.29, 1.82) is 0 Å². The number of carbonyl (C=O) groups excluding carboxylic acids is 1. The second-order valence-electron chi connectivity index (χ2n) is 3.97. The lowest BCUT2D eigenvalue weighted by molar-refractivity contribution is -0.148.